The summed E-state index contributed by atoms with van der Waals surface area (Å²) in [7, 11) is 1.50. The molecule has 40 heavy (non-hydrogen) atoms. The summed E-state index contributed by atoms with van der Waals surface area (Å²) in [5, 5.41) is 9.90. The number of allylic oxidation sites excluding steroid dienone is 1. The number of halogens is 2. The summed E-state index contributed by atoms with van der Waals surface area (Å²) in [6, 6.07) is 23.1. The molecule has 0 spiro atoms. The molecule has 0 amide bonds. The van der Waals surface area contributed by atoms with Gasteiger partial charge in [-0.25, -0.2) is 13.6 Å². The minimum Gasteiger partial charge on any atom is -0.493 e. The van der Waals surface area contributed by atoms with Gasteiger partial charge in [0.2, 0.25) is 5.88 Å². The number of hydrogen-bond acceptors (Lipinski definition) is 7. The molecule has 1 heterocycles. The lowest BCUT2D eigenvalue weighted by Gasteiger charge is -2.27. The van der Waals surface area contributed by atoms with Crippen LogP contribution in [0.5, 0.6) is 23.0 Å². The lowest BCUT2D eigenvalue weighted by atomic mass is 9.83. The molecule has 0 bridgehead atoms. The van der Waals surface area contributed by atoms with Gasteiger partial charge in [0.25, 0.3) is 0 Å². The van der Waals surface area contributed by atoms with Crippen LogP contribution in [0.2, 0.25) is 0 Å². The first-order valence-electron chi connectivity index (χ1n) is 12.1. The number of carbonyl (C=O) groups is 1. The minimum atomic E-state index is -0.672. The Morgan fingerprint density at radius 3 is 2.33 bits per heavy atom. The molecule has 0 saturated carbocycles. The molecule has 4 aromatic carbocycles. The number of rotatable bonds is 7. The SMILES string of the molecule is COc1cc(C2C(C#N)=C(N)Oc3cc(OC(=O)c4ccc(F)cc4)ccc32)ccc1OCc1ccc(F)cc1. The largest absolute Gasteiger partial charge is 0.493 e. The summed E-state index contributed by atoms with van der Waals surface area (Å²) in [6.07, 6.45) is 0. The van der Waals surface area contributed by atoms with Gasteiger partial charge in [-0.2, -0.15) is 5.26 Å². The molecule has 9 heteroatoms. The number of benzene rings is 4. The molecule has 1 aliphatic heterocycles. The number of methoxy groups -OCH3 is 1. The van der Waals surface area contributed by atoms with Crippen LogP contribution < -0.4 is 24.7 Å². The lowest BCUT2D eigenvalue weighted by molar-refractivity contribution is 0.0734. The number of nitriles is 1. The van der Waals surface area contributed by atoms with E-state index in [0.29, 0.717) is 28.4 Å². The predicted octanol–water partition coefficient (Wildman–Crippen LogP) is 5.99. The third-order valence-corrected chi connectivity index (χ3v) is 6.31. The maximum absolute atomic E-state index is 13.2. The number of nitrogens with two attached hydrogens (primary N) is 1. The Morgan fingerprint density at radius 2 is 1.65 bits per heavy atom. The quantitative estimate of drug-likeness (QED) is 0.227. The van der Waals surface area contributed by atoms with Crippen molar-refractivity contribution in [2.75, 3.05) is 7.11 Å². The Bertz CT molecular complexity index is 1640. The van der Waals surface area contributed by atoms with Crippen LogP contribution in [0, 0.1) is 23.0 Å². The van der Waals surface area contributed by atoms with Gasteiger partial charge in [-0.15, -0.1) is 0 Å². The van der Waals surface area contributed by atoms with Gasteiger partial charge in [-0.1, -0.05) is 24.3 Å². The van der Waals surface area contributed by atoms with E-state index in [4.69, 9.17) is 24.7 Å². The van der Waals surface area contributed by atoms with Crippen molar-refractivity contribution in [2.24, 2.45) is 5.73 Å². The first-order chi connectivity index (χ1) is 19.4. The molecule has 1 atom stereocenters. The molecular weight excluding hydrogens is 518 g/mol. The topological polar surface area (TPSA) is 104 Å². The fourth-order valence-corrected chi connectivity index (χ4v) is 4.32. The lowest BCUT2D eigenvalue weighted by Crippen LogP contribution is -2.21. The second kappa shape index (κ2) is 11.2. The fourth-order valence-electron chi connectivity index (χ4n) is 4.32. The van der Waals surface area contributed by atoms with Crippen molar-refractivity contribution in [3.8, 4) is 29.1 Å². The van der Waals surface area contributed by atoms with E-state index in [1.165, 1.54) is 49.6 Å². The highest BCUT2D eigenvalue weighted by Crippen LogP contribution is 2.45. The van der Waals surface area contributed by atoms with E-state index in [-0.39, 0.29) is 35.2 Å². The molecule has 5 rings (SSSR count). The van der Waals surface area contributed by atoms with Gasteiger partial charge in [0.1, 0.15) is 41.4 Å². The Kier molecular flexibility index (Phi) is 7.33. The van der Waals surface area contributed by atoms with Crippen LogP contribution in [-0.4, -0.2) is 13.1 Å². The molecular formula is C31H22F2N2O5. The highest BCUT2D eigenvalue weighted by atomic mass is 19.1. The van der Waals surface area contributed by atoms with Crippen molar-refractivity contribution in [3.63, 3.8) is 0 Å². The monoisotopic (exact) mass is 540 g/mol. The van der Waals surface area contributed by atoms with Gasteiger partial charge in [-0.3, -0.25) is 0 Å². The number of ether oxygens (including phenoxy) is 4. The molecule has 7 nitrogen and oxygen atoms in total. The summed E-state index contributed by atoms with van der Waals surface area (Å²) in [6.45, 7) is 0.200. The van der Waals surface area contributed by atoms with E-state index >= 15 is 0 Å². The number of fused-ring (bicyclic) bond motifs is 1. The molecule has 1 unspecified atom stereocenters. The normalized spacial score (nSPS) is 14.0. The van der Waals surface area contributed by atoms with Crippen molar-refractivity contribution < 1.29 is 32.5 Å². The molecule has 0 saturated heterocycles. The average molecular weight is 541 g/mol. The van der Waals surface area contributed by atoms with E-state index in [1.807, 2.05) is 0 Å². The molecule has 0 fully saturated rings. The first-order valence-corrected chi connectivity index (χ1v) is 12.1. The Morgan fingerprint density at radius 1 is 0.950 bits per heavy atom. The van der Waals surface area contributed by atoms with Gasteiger partial charge in [0.15, 0.2) is 11.5 Å². The standard InChI is InChI=1S/C31H22F2N2O5/c1-37-28-14-20(6-13-26(28)38-17-18-2-7-21(32)8-3-18)29-24-12-11-23(15-27(24)40-30(35)25(29)16-34)39-31(36)19-4-9-22(33)10-5-19/h2-15,29H,17,35H2,1H3. The van der Waals surface area contributed by atoms with Crippen LogP contribution in [0.1, 0.15) is 33.0 Å². The molecule has 1 aliphatic rings. The van der Waals surface area contributed by atoms with Crippen molar-refractivity contribution in [1.29, 1.82) is 5.26 Å². The van der Waals surface area contributed by atoms with E-state index in [0.717, 1.165) is 5.56 Å². The smallest absolute Gasteiger partial charge is 0.343 e. The van der Waals surface area contributed by atoms with Crippen LogP contribution in [0.3, 0.4) is 0 Å². The number of nitrogens with zero attached hydrogens (tertiary/aromatic N) is 1. The summed E-state index contributed by atoms with van der Waals surface area (Å²) in [5.74, 6) is -0.785. The van der Waals surface area contributed by atoms with Crippen LogP contribution in [-0.2, 0) is 6.61 Å². The fraction of sp³-hybridized carbons (Fsp3) is 0.0968. The van der Waals surface area contributed by atoms with E-state index in [2.05, 4.69) is 6.07 Å². The second-order valence-corrected chi connectivity index (χ2v) is 8.85. The summed E-state index contributed by atoms with van der Waals surface area (Å²) in [4.78, 5) is 12.5. The maximum Gasteiger partial charge on any atom is 0.343 e. The minimum absolute atomic E-state index is 0.0855. The number of hydrogen-bond donors (Lipinski definition) is 1. The highest BCUT2D eigenvalue weighted by molar-refractivity contribution is 5.91. The van der Waals surface area contributed by atoms with Crippen LogP contribution in [0.15, 0.2) is 96.4 Å². The zero-order chi connectivity index (χ0) is 28.2. The zero-order valence-corrected chi connectivity index (χ0v) is 21.2. The molecule has 200 valence electrons. The van der Waals surface area contributed by atoms with E-state index in [9.17, 15) is 18.8 Å². The molecule has 4 aromatic rings. The van der Waals surface area contributed by atoms with Gasteiger partial charge < -0.3 is 24.7 Å². The van der Waals surface area contributed by atoms with Gasteiger partial charge in [0, 0.05) is 11.6 Å². The molecule has 0 radical (unpaired) electrons. The number of carbonyl (C=O) groups excluding carboxylic acids is 1. The van der Waals surface area contributed by atoms with Crippen molar-refractivity contribution in [2.45, 2.75) is 12.5 Å². The highest BCUT2D eigenvalue weighted by Gasteiger charge is 2.32. The first kappa shape index (κ1) is 26.3. The Labute approximate surface area is 228 Å². The van der Waals surface area contributed by atoms with E-state index < -0.39 is 17.7 Å². The van der Waals surface area contributed by atoms with Gasteiger partial charge >= 0.3 is 5.97 Å². The van der Waals surface area contributed by atoms with Crippen LogP contribution >= 0.6 is 0 Å². The number of esters is 1. The van der Waals surface area contributed by atoms with E-state index in [1.54, 1.807) is 42.5 Å². The third kappa shape index (κ3) is 5.42. The Balaban J connectivity index is 1.42. The van der Waals surface area contributed by atoms with Crippen LogP contribution in [0.4, 0.5) is 8.78 Å². The van der Waals surface area contributed by atoms with Gasteiger partial charge in [-0.05, 0) is 65.7 Å². The van der Waals surface area contributed by atoms with Crippen molar-refractivity contribution in [1.82, 2.24) is 0 Å². The summed E-state index contributed by atoms with van der Waals surface area (Å²) >= 11 is 0. The molecule has 0 aromatic heterocycles. The maximum atomic E-state index is 13.2. The van der Waals surface area contributed by atoms with Crippen molar-refractivity contribution in [3.05, 3.63) is 130 Å². The predicted molar refractivity (Wildman–Crippen MR) is 141 cm³/mol. The zero-order valence-electron chi connectivity index (χ0n) is 21.2. The summed E-state index contributed by atoms with van der Waals surface area (Å²) < 4.78 is 49.0. The molecule has 0 aliphatic carbocycles. The molecule has 2 N–H and O–H groups in total. The average Bonchev–Trinajstić information content (AvgIpc) is 2.96. The van der Waals surface area contributed by atoms with Gasteiger partial charge in [0.05, 0.1) is 18.6 Å². The van der Waals surface area contributed by atoms with Crippen molar-refractivity contribution >= 4 is 5.97 Å². The van der Waals surface area contributed by atoms with Crippen LogP contribution in [0.25, 0.3) is 0 Å². The second-order valence-electron chi connectivity index (χ2n) is 8.85. The Hall–Kier alpha value is -5.36. The third-order valence-electron chi connectivity index (χ3n) is 6.31. The summed E-state index contributed by atoms with van der Waals surface area (Å²) in [5.41, 5.74) is 8.59.